The minimum Gasteiger partial charge on any atom is -0.351 e. The van der Waals surface area contributed by atoms with Crippen molar-refractivity contribution in [1.82, 2.24) is 34.8 Å². The third-order valence-corrected chi connectivity index (χ3v) is 4.98. The van der Waals surface area contributed by atoms with Crippen LogP contribution in [0.4, 0.5) is 0 Å². The van der Waals surface area contributed by atoms with E-state index in [1.165, 1.54) is 0 Å². The number of benzene rings is 1. The van der Waals surface area contributed by atoms with Crippen molar-refractivity contribution >= 4 is 16.9 Å². The molecule has 8 heteroatoms. The number of aromatic nitrogens is 6. The van der Waals surface area contributed by atoms with Gasteiger partial charge in [0.1, 0.15) is 5.69 Å². The van der Waals surface area contributed by atoms with Crippen LogP contribution in [0.2, 0.25) is 0 Å². The lowest BCUT2D eigenvalue weighted by molar-refractivity contribution is 0.0948. The third-order valence-electron chi connectivity index (χ3n) is 4.98. The molecule has 3 aromatic heterocycles. The van der Waals surface area contributed by atoms with Gasteiger partial charge in [0, 0.05) is 31.4 Å². The van der Waals surface area contributed by atoms with Crippen LogP contribution >= 0.6 is 0 Å². The molecule has 0 saturated heterocycles. The Bertz CT molecular complexity index is 1130. The average Bonchev–Trinajstić information content (AvgIpc) is 3.38. The van der Waals surface area contributed by atoms with Gasteiger partial charge in [-0.2, -0.15) is 10.2 Å². The standard InChI is InChI=1S/C20H23N7O/c1-13-19(14(2)26(3)25-13)16-11-17(24-23-16)20(28)21-9-6-10-27-12-22-15-7-4-5-8-18(15)27/h4-5,7-8,11-12H,6,9-10H2,1-3H3,(H,21,28)(H,23,24). The summed E-state index contributed by atoms with van der Waals surface area (Å²) in [6.07, 6.45) is 2.65. The van der Waals surface area contributed by atoms with Gasteiger partial charge in [-0.15, -0.1) is 0 Å². The summed E-state index contributed by atoms with van der Waals surface area (Å²) in [6.45, 7) is 5.30. The Labute approximate surface area is 162 Å². The molecule has 4 aromatic rings. The molecule has 0 aliphatic heterocycles. The molecule has 0 fully saturated rings. The number of nitrogens with one attached hydrogen (secondary N) is 2. The first-order chi connectivity index (χ1) is 13.5. The summed E-state index contributed by atoms with van der Waals surface area (Å²) in [6, 6.07) is 9.80. The fourth-order valence-electron chi connectivity index (χ4n) is 3.45. The van der Waals surface area contributed by atoms with Crippen molar-refractivity contribution in [2.75, 3.05) is 6.54 Å². The first-order valence-electron chi connectivity index (χ1n) is 9.28. The van der Waals surface area contributed by atoms with E-state index in [1.54, 1.807) is 6.07 Å². The van der Waals surface area contributed by atoms with Crippen LogP contribution in [0.5, 0.6) is 0 Å². The molecule has 1 aromatic carbocycles. The molecular weight excluding hydrogens is 354 g/mol. The van der Waals surface area contributed by atoms with Crippen LogP contribution in [0, 0.1) is 13.8 Å². The highest BCUT2D eigenvalue weighted by molar-refractivity contribution is 5.93. The fraction of sp³-hybridized carbons (Fsp3) is 0.300. The highest BCUT2D eigenvalue weighted by Crippen LogP contribution is 2.25. The largest absolute Gasteiger partial charge is 0.351 e. The van der Waals surface area contributed by atoms with Crippen molar-refractivity contribution in [2.24, 2.45) is 7.05 Å². The molecule has 0 unspecified atom stereocenters. The molecular formula is C20H23N7O. The maximum atomic E-state index is 12.4. The van der Waals surface area contributed by atoms with Gasteiger partial charge < -0.3 is 9.88 Å². The van der Waals surface area contributed by atoms with Crippen LogP contribution in [-0.2, 0) is 13.6 Å². The Balaban J connectivity index is 1.35. The van der Waals surface area contributed by atoms with Crippen LogP contribution in [0.15, 0.2) is 36.7 Å². The summed E-state index contributed by atoms with van der Waals surface area (Å²) in [5, 5.41) is 14.5. The molecule has 0 bridgehead atoms. The first-order valence-corrected chi connectivity index (χ1v) is 9.28. The molecule has 4 rings (SSSR count). The number of hydrogen-bond donors (Lipinski definition) is 2. The number of nitrogens with zero attached hydrogens (tertiary/aromatic N) is 5. The van der Waals surface area contributed by atoms with E-state index in [4.69, 9.17) is 0 Å². The predicted molar refractivity (Wildman–Crippen MR) is 107 cm³/mol. The summed E-state index contributed by atoms with van der Waals surface area (Å²) in [4.78, 5) is 16.8. The van der Waals surface area contributed by atoms with Crippen molar-refractivity contribution in [1.29, 1.82) is 0 Å². The summed E-state index contributed by atoms with van der Waals surface area (Å²) in [5.41, 5.74) is 6.15. The monoisotopic (exact) mass is 377 g/mol. The average molecular weight is 377 g/mol. The molecule has 3 heterocycles. The van der Waals surface area contributed by atoms with E-state index >= 15 is 0 Å². The second-order valence-corrected chi connectivity index (χ2v) is 6.87. The second kappa shape index (κ2) is 7.30. The molecule has 0 atom stereocenters. The number of amides is 1. The van der Waals surface area contributed by atoms with Crippen molar-refractivity contribution in [3.8, 4) is 11.3 Å². The highest BCUT2D eigenvalue weighted by atomic mass is 16.1. The minimum atomic E-state index is -0.159. The van der Waals surface area contributed by atoms with E-state index in [-0.39, 0.29) is 5.91 Å². The van der Waals surface area contributed by atoms with Gasteiger partial charge in [-0.3, -0.25) is 14.6 Å². The second-order valence-electron chi connectivity index (χ2n) is 6.87. The number of fused-ring (bicyclic) bond motifs is 1. The van der Waals surface area contributed by atoms with Crippen molar-refractivity contribution < 1.29 is 4.79 Å². The highest BCUT2D eigenvalue weighted by Gasteiger charge is 2.17. The number of imidazole rings is 1. The molecule has 8 nitrogen and oxygen atoms in total. The summed E-state index contributed by atoms with van der Waals surface area (Å²) in [5.74, 6) is -0.159. The summed E-state index contributed by atoms with van der Waals surface area (Å²) >= 11 is 0. The predicted octanol–water partition coefficient (Wildman–Crippen LogP) is 2.60. The maximum Gasteiger partial charge on any atom is 0.269 e. The maximum absolute atomic E-state index is 12.4. The lowest BCUT2D eigenvalue weighted by Crippen LogP contribution is -2.25. The summed E-state index contributed by atoms with van der Waals surface area (Å²) < 4.78 is 3.92. The van der Waals surface area contributed by atoms with Gasteiger partial charge in [-0.25, -0.2) is 4.98 Å². The normalized spacial score (nSPS) is 11.2. The van der Waals surface area contributed by atoms with Gasteiger partial charge in [-0.1, -0.05) is 12.1 Å². The van der Waals surface area contributed by atoms with Crippen molar-refractivity contribution in [2.45, 2.75) is 26.8 Å². The van der Waals surface area contributed by atoms with Crippen molar-refractivity contribution in [3.05, 3.63) is 53.7 Å². The number of carbonyl (C=O) groups excluding carboxylic acids is 1. The lowest BCUT2D eigenvalue weighted by atomic mass is 10.1. The van der Waals surface area contributed by atoms with E-state index in [0.29, 0.717) is 12.2 Å². The minimum absolute atomic E-state index is 0.159. The van der Waals surface area contributed by atoms with E-state index in [9.17, 15) is 4.79 Å². The number of H-pyrrole nitrogens is 1. The van der Waals surface area contributed by atoms with E-state index < -0.39 is 0 Å². The Morgan fingerprint density at radius 2 is 2.07 bits per heavy atom. The number of aromatic amines is 1. The molecule has 28 heavy (non-hydrogen) atoms. The van der Waals surface area contributed by atoms with Gasteiger partial charge in [0.05, 0.1) is 28.7 Å². The number of rotatable bonds is 6. The molecule has 0 saturated carbocycles. The van der Waals surface area contributed by atoms with Crippen LogP contribution in [0.3, 0.4) is 0 Å². The fourth-order valence-corrected chi connectivity index (χ4v) is 3.45. The smallest absolute Gasteiger partial charge is 0.269 e. The molecule has 2 N–H and O–H groups in total. The Morgan fingerprint density at radius 3 is 2.86 bits per heavy atom. The summed E-state index contributed by atoms with van der Waals surface area (Å²) in [7, 11) is 1.90. The van der Waals surface area contributed by atoms with Gasteiger partial charge >= 0.3 is 0 Å². The molecule has 144 valence electrons. The number of carbonyl (C=O) groups is 1. The Morgan fingerprint density at radius 1 is 1.25 bits per heavy atom. The zero-order chi connectivity index (χ0) is 19.7. The Hall–Kier alpha value is -3.42. The van der Waals surface area contributed by atoms with Gasteiger partial charge in [0.15, 0.2) is 0 Å². The SMILES string of the molecule is Cc1nn(C)c(C)c1-c1cc(C(=O)NCCCn2cnc3ccccc32)[nH]n1. The quantitative estimate of drug-likeness (QED) is 0.505. The zero-order valence-corrected chi connectivity index (χ0v) is 16.2. The van der Waals surface area contributed by atoms with E-state index in [2.05, 4.69) is 36.2 Å². The third kappa shape index (κ3) is 3.28. The molecule has 1 amide bonds. The zero-order valence-electron chi connectivity index (χ0n) is 16.2. The molecule has 0 radical (unpaired) electrons. The topological polar surface area (TPSA) is 93.4 Å². The van der Waals surface area contributed by atoms with E-state index in [0.717, 1.165) is 46.6 Å². The van der Waals surface area contributed by atoms with Gasteiger partial charge in [0.2, 0.25) is 0 Å². The van der Waals surface area contributed by atoms with Crippen LogP contribution < -0.4 is 5.32 Å². The molecule has 0 spiro atoms. The van der Waals surface area contributed by atoms with Crippen LogP contribution in [0.1, 0.15) is 28.3 Å². The first kappa shape index (κ1) is 18.0. The number of hydrogen-bond acceptors (Lipinski definition) is 4. The van der Waals surface area contributed by atoms with E-state index in [1.807, 2.05) is 50.1 Å². The van der Waals surface area contributed by atoms with Crippen molar-refractivity contribution in [3.63, 3.8) is 0 Å². The van der Waals surface area contributed by atoms with Gasteiger partial charge in [-0.05, 0) is 38.5 Å². The lowest BCUT2D eigenvalue weighted by Gasteiger charge is -2.05. The molecule has 0 aliphatic carbocycles. The van der Waals surface area contributed by atoms with Gasteiger partial charge in [0.25, 0.3) is 5.91 Å². The Kier molecular flexibility index (Phi) is 4.68. The van der Waals surface area contributed by atoms with Crippen LogP contribution in [-0.4, -0.2) is 42.0 Å². The number of para-hydroxylation sites is 2. The number of aryl methyl sites for hydroxylation is 3. The van der Waals surface area contributed by atoms with Crippen LogP contribution in [0.25, 0.3) is 22.3 Å². The molecule has 0 aliphatic rings.